The van der Waals surface area contributed by atoms with Crippen molar-refractivity contribution in [3.8, 4) is 12.3 Å². The Morgan fingerprint density at radius 3 is 3.08 bits per heavy atom. The number of halogens is 2. The standard InChI is InChI=1S/C9H7BrClN/c1-2-3-4-7-5-9(11)12-6-8(7)10/h1,5-6H,3-4H2. The highest BCUT2D eigenvalue weighted by atomic mass is 79.9. The van der Waals surface area contributed by atoms with Crippen LogP contribution < -0.4 is 0 Å². The molecule has 3 heteroatoms. The largest absolute Gasteiger partial charge is 0.243 e. The van der Waals surface area contributed by atoms with Crippen LogP contribution in [0.5, 0.6) is 0 Å². The predicted molar refractivity (Wildman–Crippen MR) is 54.1 cm³/mol. The maximum Gasteiger partial charge on any atom is 0.129 e. The van der Waals surface area contributed by atoms with Gasteiger partial charge in [-0.15, -0.1) is 12.3 Å². The highest BCUT2D eigenvalue weighted by Gasteiger charge is 2.00. The summed E-state index contributed by atoms with van der Waals surface area (Å²) >= 11 is 9.08. The molecule has 0 aliphatic carbocycles. The van der Waals surface area contributed by atoms with Gasteiger partial charge < -0.3 is 0 Å². The first-order valence-corrected chi connectivity index (χ1v) is 4.64. The Morgan fingerprint density at radius 1 is 1.67 bits per heavy atom. The van der Waals surface area contributed by atoms with Crippen LogP contribution in [-0.2, 0) is 6.42 Å². The average molecular weight is 245 g/mol. The van der Waals surface area contributed by atoms with Crippen molar-refractivity contribution >= 4 is 27.5 Å². The highest BCUT2D eigenvalue weighted by molar-refractivity contribution is 9.10. The third-order valence-corrected chi connectivity index (χ3v) is 2.36. The van der Waals surface area contributed by atoms with Crippen LogP contribution in [0.25, 0.3) is 0 Å². The maximum absolute atomic E-state index is 5.71. The lowest BCUT2D eigenvalue weighted by atomic mass is 10.1. The lowest BCUT2D eigenvalue weighted by Crippen LogP contribution is -1.87. The number of hydrogen-bond acceptors (Lipinski definition) is 1. The second kappa shape index (κ2) is 4.49. The van der Waals surface area contributed by atoms with Gasteiger partial charge in [-0.2, -0.15) is 0 Å². The maximum atomic E-state index is 5.71. The van der Waals surface area contributed by atoms with E-state index in [0.717, 1.165) is 22.9 Å². The summed E-state index contributed by atoms with van der Waals surface area (Å²) in [5.74, 6) is 2.58. The molecule has 0 spiro atoms. The van der Waals surface area contributed by atoms with Crippen LogP contribution in [0.3, 0.4) is 0 Å². The molecule has 62 valence electrons. The molecular formula is C9H7BrClN. The van der Waals surface area contributed by atoms with Crippen LogP contribution in [0.2, 0.25) is 5.15 Å². The van der Waals surface area contributed by atoms with Crippen molar-refractivity contribution in [2.45, 2.75) is 12.8 Å². The Balaban J connectivity index is 2.84. The second-order valence-corrected chi connectivity index (χ2v) is 3.54. The van der Waals surface area contributed by atoms with Crippen LogP contribution >= 0.6 is 27.5 Å². The zero-order valence-corrected chi connectivity index (χ0v) is 8.69. The topological polar surface area (TPSA) is 12.9 Å². The third kappa shape index (κ3) is 2.51. The van der Waals surface area contributed by atoms with Gasteiger partial charge in [-0.25, -0.2) is 4.98 Å². The molecular weight excluding hydrogens is 237 g/mol. The van der Waals surface area contributed by atoms with E-state index in [1.165, 1.54) is 0 Å². The fourth-order valence-corrected chi connectivity index (χ4v) is 1.45. The molecule has 1 heterocycles. The van der Waals surface area contributed by atoms with E-state index in [-0.39, 0.29) is 0 Å². The van der Waals surface area contributed by atoms with Gasteiger partial charge in [-0.3, -0.25) is 0 Å². The molecule has 1 rings (SSSR count). The first kappa shape index (κ1) is 9.57. The molecule has 0 amide bonds. The molecule has 0 aromatic carbocycles. The minimum atomic E-state index is 0.505. The van der Waals surface area contributed by atoms with E-state index in [1.807, 2.05) is 6.07 Å². The minimum Gasteiger partial charge on any atom is -0.243 e. The van der Waals surface area contributed by atoms with Crippen LogP contribution in [-0.4, -0.2) is 4.98 Å². The fourth-order valence-electron chi connectivity index (χ4n) is 0.850. The normalized spacial score (nSPS) is 9.42. The molecule has 0 fully saturated rings. The molecule has 1 aromatic heterocycles. The van der Waals surface area contributed by atoms with Crippen molar-refractivity contribution in [1.29, 1.82) is 0 Å². The average Bonchev–Trinajstić information content (AvgIpc) is 2.07. The van der Waals surface area contributed by atoms with Crippen molar-refractivity contribution in [3.05, 3.63) is 27.5 Å². The Bertz CT molecular complexity index is 317. The van der Waals surface area contributed by atoms with Crippen molar-refractivity contribution in [2.75, 3.05) is 0 Å². The van der Waals surface area contributed by atoms with Crippen LogP contribution in [0, 0.1) is 12.3 Å². The summed E-state index contributed by atoms with van der Waals surface area (Å²) in [5, 5.41) is 0.505. The lowest BCUT2D eigenvalue weighted by molar-refractivity contribution is 1.01. The van der Waals surface area contributed by atoms with Crippen molar-refractivity contribution in [3.63, 3.8) is 0 Å². The van der Waals surface area contributed by atoms with Gasteiger partial charge in [0.05, 0.1) is 0 Å². The van der Waals surface area contributed by atoms with Crippen LogP contribution in [0.1, 0.15) is 12.0 Å². The molecule has 1 nitrogen and oxygen atoms in total. The minimum absolute atomic E-state index is 0.505. The van der Waals surface area contributed by atoms with E-state index in [4.69, 9.17) is 18.0 Å². The van der Waals surface area contributed by atoms with Gasteiger partial charge >= 0.3 is 0 Å². The smallest absolute Gasteiger partial charge is 0.129 e. The lowest BCUT2D eigenvalue weighted by Gasteiger charge is -2.00. The SMILES string of the molecule is C#CCCc1cc(Cl)ncc1Br. The van der Waals surface area contributed by atoms with E-state index in [2.05, 4.69) is 26.8 Å². The summed E-state index contributed by atoms with van der Waals surface area (Å²) in [6.07, 6.45) is 8.39. The molecule has 0 saturated carbocycles. The summed E-state index contributed by atoms with van der Waals surface area (Å²) in [5.41, 5.74) is 1.10. The number of aromatic nitrogens is 1. The van der Waals surface area contributed by atoms with Gasteiger partial charge in [0.25, 0.3) is 0 Å². The van der Waals surface area contributed by atoms with E-state index in [0.29, 0.717) is 5.15 Å². The van der Waals surface area contributed by atoms with E-state index < -0.39 is 0 Å². The highest BCUT2D eigenvalue weighted by Crippen LogP contribution is 2.19. The summed E-state index contributed by atoms with van der Waals surface area (Å²) < 4.78 is 0.960. The van der Waals surface area contributed by atoms with E-state index in [1.54, 1.807) is 6.20 Å². The molecule has 12 heavy (non-hydrogen) atoms. The van der Waals surface area contributed by atoms with Gasteiger partial charge in [0.2, 0.25) is 0 Å². The fraction of sp³-hybridized carbons (Fsp3) is 0.222. The van der Waals surface area contributed by atoms with Crippen molar-refractivity contribution < 1.29 is 0 Å². The molecule has 0 radical (unpaired) electrons. The summed E-state index contributed by atoms with van der Waals surface area (Å²) in [4.78, 5) is 3.91. The Kier molecular flexibility index (Phi) is 3.58. The molecule has 0 atom stereocenters. The number of hydrogen-bond donors (Lipinski definition) is 0. The molecule has 0 bridgehead atoms. The number of nitrogens with zero attached hydrogens (tertiary/aromatic N) is 1. The molecule has 0 aliphatic heterocycles. The van der Waals surface area contributed by atoms with Gasteiger partial charge in [-0.1, -0.05) is 11.6 Å². The van der Waals surface area contributed by atoms with Crippen LogP contribution in [0.4, 0.5) is 0 Å². The number of pyridine rings is 1. The monoisotopic (exact) mass is 243 g/mol. The van der Waals surface area contributed by atoms with Gasteiger partial charge in [0, 0.05) is 17.1 Å². The Hall–Kier alpha value is -0.520. The van der Waals surface area contributed by atoms with Crippen molar-refractivity contribution in [1.82, 2.24) is 4.98 Å². The molecule has 0 N–H and O–H groups in total. The molecule has 0 saturated heterocycles. The molecule has 1 aromatic rings. The van der Waals surface area contributed by atoms with Gasteiger partial charge in [-0.05, 0) is 34.0 Å². The first-order chi connectivity index (χ1) is 5.74. The Morgan fingerprint density at radius 2 is 2.42 bits per heavy atom. The zero-order valence-electron chi connectivity index (χ0n) is 6.35. The van der Waals surface area contributed by atoms with Gasteiger partial charge in [0.1, 0.15) is 5.15 Å². The Labute approximate surface area is 85.3 Å². The number of terminal acetylenes is 1. The van der Waals surface area contributed by atoms with E-state index in [9.17, 15) is 0 Å². The van der Waals surface area contributed by atoms with Crippen LogP contribution in [0.15, 0.2) is 16.7 Å². The second-order valence-electron chi connectivity index (χ2n) is 2.30. The predicted octanol–water partition coefficient (Wildman–Crippen LogP) is 3.06. The first-order valence-electron chi connectivity index (χ1n) is 3.47. The number of aryl methyl sites for hydroxylation is 1. The summed E-state index contributed by atoms with van der Waals surface area (Å²) in [7, 11) is 0. The van der Waals surface area contributed by atoms with Gasteiger partial charge in [0.15, 0.2) is 0 Å². The van der Waals surface area contributed by atoms with Crippen molar-refractivity contribution in [2.24, 2.45) is 0 Å². The molecule has 0 unspecified atom stereocenters. The molecule has 0 aliphatic rings. The quantitative estimate of drug-likeness (QED) is 0.575. The van der Waals surface area contributed by atoms with E-state index >= 15 is 0 Å². The number of rotatable bonds is 2. The third-order valence-electron chi connectivity index (χ3n) is 1.44. The summed E-state index contributed by atoms with van der Waals surface area (Å²) in [6, 6.07) is 1.82. The summed E-state index contributed by atoms with van der Waals surface area (Å²) in [6.45, 7) is 0. The zero-order chi connectivity index (χ0) is 8.97.